The Bertz CT molecular complexity index is 161. The van der Waals surface area contributed by atoms with Crippen molar-refractivity contribution in [2.24, 2.45) is 29.6 Å². The van der Waals surface area contributed by atoms with Gasteiger partial charge in [-0.3, -0.25) is 0 Å². The van der Waals surface area contributed by atoms with Gasteiger partial charge in [0, 0.05) is 0 Å². The molecule has 84 valence electrons. The topological polar surface area (TPSA) is 0 Å². The molecule has 0 aliphatic heterocycles. The highest BCUT2D eigenvalue weighted by Crippen LogP contribution is 2.50. The maximum absolute atomic E-state index is 2.48. The molecule has 0 heterocycles. The lowest BCUT2D eigenvalue weighted by Crippen LogP contribution is -2.26. The van der Waals surface area contributed by atoms with Crippen LogP contribution in [0.2, 0.25) is 0 Å². The van der Waals surface area contributed by atoms with Crippen molar-refractivity contribution in [2.75, 3.05) is 0 Å². The fraction of sp³-hybridized carbons (Fsp3) is 1.00. The fourth-order valence-electron chi connectivity index (χ4n) is 3.85. The molecule has 0 amide bonds. The summed E-state index contributed by atoms with van der Waals surface area (Å²) in [6.45, 7) is 11.4. The highest BCUT2D eigenvalue weighted by molar-refractivity contribution is 4.91. The van der Waals surface area contributed by atoms with Gasteiger partial charge in [-0.1, -0.05) is 53.9 Å². The molecule has 0 saturated heterocycles. The maximum atomic E-state index is 2.48. The smallest absolute Gasteiger partial charge is 0.0332 e. The normalized spacial score (nSPS) is 46.5. The number of hydrogen-bond acceptors (Lipinski definition) is 0. The summed E-state index contributed by atoms with van der Waals surface area (Å²) in [4.78, 5) is 0. The van der Waals surface area contributed by atoms with E-state index in [2.05, 4.69) is 20.8 Å². The zero-order valence-electron chi connectivity index (χ0n) is 10.7. The minimum absolute atomic E-state index is 1.00. The van der Waals surface area contributed by atoms with Crippen molar-refractivity contribution in [2.45, 2.75) is 60.3 Å². The van der Waals surface area contributed by atoms with Crippen LogP contribution in [0.5, 0.6) is 0 Å². The summed E-state index contributed by atoms with van der Waals surface area (Å²) in [7, 11) is 0. The largest absolute Gasteiger partial charge is 0.0683 e. The first-order valence-corrected chi connectivity index (χ1v) is 6.70. The Balaban J connectivity index is 0.000000461. The molecule has 0 aromatic rings. The molecule has 2 aliphatic rings. The van der Waals surface area contributed by atoms with Gasteiger partial charge in [-0.05, 0) is 36.0 Å². The molecule has 0 N–H and O–H groups in total. The number of hydrogen-bond donors (Lipinski definition) is 0. The molecule has 2 saturated carbocycles. The van der Waals surface area contributed by atoms with Crippen molar-refractivity contribution in [1.82, 2.24) is 0 Å². The van der Waals surface area contributed by atoms with E-state index in [1.807, 2.05) is 13.8 Å². The van der Waals surface area contributed by atoms with Crippen LogP contribution in [0.25, 0.3) is 0 Å². The highest BCUT2D eigenvalue weighted by atomic mass is 14.5. The van der Waals surface area contributed by atoms with Crippen LogP contribution in [-0.4, -0.2) is 0 Å². The highest BCUT2D eigenvalue weighted by Gasteiger charge is 2.42. The molecule has 14 heavy (non-hydrogen) atoms. The van der Waals surface area contributed by atoms with Gasteiger partial charge in [0.2, 0.25) is 0 Å². The quantitative estimate of drug-likeness (QED) is 0.525. The Morgan fingerprint density at radius 1 is 0.857 bits per heavy atom. The van der Waals surface area contributed by atoms with Gasteiger partial charge in [-0.15, -0.1) is 0 Å². The van der Waals surface area contributed by atoms with Gasteiger partial charge < -0.3 is 0 Å². The van der Waals surface area contributed by atoms with Gasteiger partial charge in [-0.25, -0.2) is 0 Å². The summed E-state index contributed by atoms with van der Waals surface area (Å²) in [5.74, 6) is 5.20. The molecule has 0 aromatic carbocycles. The first-order chi connectivity index (χ1) is 6.70. The number of rotatable bonds is 0. The predicted molar refractivity (Wildman–Crippen MR) is 64.3 cm³/mol. The van der Waals surface area contributed by atoms with E-state index >= 15 is 0 Å². The molecule has 0 spiro atoms. The lowest BCUT2D eigenvalue weighted by atomic mass is 9.72. The van der Waals surface area contributed by atoms with Crippen LogP contribution < -0.4 is 0 Å². The first kappa shape index (κ1) is 12.1. The SMILES string of the molecule is CC.CC1CC2CCCC(C)C2C1C. The van der Waals surface area contributed by atoms with E-state index in [0.717, 1.165) is 29.6 Å². The zero-order chi connectivity index (χ0) is 10.7. The van der Waals surface area contributed by atoms with E-state index in [0.29, 0.717) is 0 Å². The van der Waals surface area contributed by atoms with Crippen molar-refractivity contribution < 1.29 is 0 Å². The van der Waals surface area contributed by atoms with Crippen molar-refractivity contribution in [3.8, 4) is 0 Å². The third-order valence-electron chi connectivity index (χ3n) is 4.62. The van der Waals surface area contributed by atoms with Crippen molar-refractivity contribution in [1.29, 1.82) is 0 Å². The van der Waals surface area contributed by atoms with E-state index in [-0.39, 0.29) is 0 Å². The summed E-state index contributed by atoms with van der Waals surface area (Å²) < 4.78 is 0. The Morgan fingerprint density at radius 3 is 2.07 bits per heavy atom. The standard InChI is InChI=1S/C12H22.C2H6/c1-8-5-4-6-11-7-9(2)10(3)12(8)11;1-2/h8-12H,4-7H2,1-3H3;1-2H3. The van der Waals surface area contributed by atoms with Crippen LogP contribution in [0.1, 0.15) is 60.3 Å². The lowest BCUT2D eigenvalue weighted by molar-refractivity contribution is 0.158. The summed E-state index contributed by atoms with van der Waals surface area (Å²) in [5.41, 5.74) is 0. The average Bonchev–Trinajstić information content (AvgIpc) is 2.47. The summed E-state index contributed by atoms with van der Waals surface area (Å²) in [6, 6.07) is 0. The average molecular weight is 196 g/mol. The molecular weight excluding hydrogens is 168 g/mol. The minimum atomic E-state index is 1.00. The second-order valence-electron chi connectivity index (χ2n) is 5.32. The van der Waals surface area contributed by atoms with Crippen LogP contribution in [-0.2, 0) is 0 Å². The second-order valence-corrected chi connectivity index (χ2v) is 5.32. The molecular formula is C14H28. The lowest BCUT2D eigenvalue weighted by Gasteiger charge is -2.34. The third-order valence-corrected chi connectivity index (χ3v) is 4.62. The van der Waals surface area contributed by atoms with E-state index in [1.165, 1.54) is 25.7 Å². The van der Waals surface area contributed by atoms with Gasteiger partial charge in [0.05, 0.1) is 0 Å². The van der Waals surface area contributed by atoms with Gasteiger partial charge in [0.1, 0.15) is 0 Å². The monoisotopic (exact) mass is 196 g/mol. The third kappa shape index (κ3) is 2.15. The van der Waals surface area contributed by atoms with Crippen LogP contribution in [0, 0.1) is 29.6 Å². The summed E-state index contributed by atoms with van der Waals surface area (Å²) >= 11 is 0. The van der Waals surface area contributed by atoms with Crippen molar-refractivity contribution in [3.05, 3.63) is 0 Å². The van der Waals surface area contributed by atoms with Crippen LogP contribution in [0.4, 0.5) is 0 Å². The Morgan fingerprint density at radius 2 is 1.50 bits per heavy atom. The Kier molecular flexibility index (Phi) is 4.47. The minimum Gasteiger partial charge on any atom is -0.0683 e. The first-order valence-electron chi connectivity index (χ1n) is 6.70. The molecule has 5 unspecified atom stereocenters. The molecule has 2 rings (SSSR count). The molecule has 0 radical (unpaired) electrons. The summed E-state index contributed by atoms with van der Waals surface area (Å²) in [6.07, 6.45) is 6.06. The molecule has 5 atom stereocenters. The van der Waals surface area contributed by atoms with Crippen LogP contribution >= 0.6 is 0 Å². The van der Waals surface area contributed by atoms with E-state index < -0.39 is 0 Å². The second kappa shape index (κ2) is 5.19. The number of fused-ring (bicyclic) bond motifs is 1. The fourth-order valence-corrected chi connectivity index (χ4v) is 3.85. The van der Waals surface area contributed by atoms with E-state index in [4.69, 9.17) is 0 Å². The Hall–Kier alpha value is 0. The van der Waals surface area contributed by atoms with Crippen molar-refractivity contribution in [3.63, 3.8) is 0 Å². The molecule has 0 bridgehead atoms. The van der Waals surface area contributed by atoms with Gasteiger partial charge in [0.15, 0.2) is 0 Å². The van der Waals surface area contributed by atoms with Crippen LogP contribution in [0.3, 0.4) is 0 Å². The van der Waals surface area contributed by atoms with Gasteiger partial charge in [0.25, 0.3) is 0 Å². The van der Waals surface area contributed by atoms with Gasteiger partial charge in [-0.2, -0.15) is 0 Å². The zero-order valence-corrected chi connectivity index (χ0v) is 10.7. The predicted octanol–water partition coefficient (Wildman–Crippen LogP) is 4.74. The van der Waals surface area contributed by atoms with Crippen LogP contribution in [0.15, 0.2) is 0 Å². The Labute approximate surface area is 90.5 Å². The molecule has 2 fully saturated rings. The van der Waals surface area contributed by atoms with E-state index in [9.17, 15) is 0 Å². The maximum Gasteiger partial charge on any atom is -0.0332 e. The molecule has 0 aromatic heterocycles. The van der Waals surface area contributed by atoms with Crippen molar-refractivity contribution >= 4 is 0 Å². The van der Waals surface area contributed by atoms with Gasteiger partial charge >= 0.3 is 0 Å². The molecule has 2 aliphatic carbocycles. The molecule has 0 heteroatoms. The summed E-state index contributed by atoms with van der Waals surface area (Å²) in [5, 5.41) is 0. The molecule has 0 nitrogen and oxygen atoms in total. The van der Waals surface area contributed by atoms with E-state index in [1.54, 1.807) is 0 Å².